The van der Waals surface area contributed by atoms with E-state index in [1.165, 1.54) is 11.3 Å². The number of rotatable bonds is 2. The fourth-order valence-corrected chi connectivity index (χ4v) is 3.45. The summed E-state index contributed by atoms with van der Waals surface area (Å²) in [4.78, 5) is 17.0. The van der Waals surface area contributed by atoms with Crippen molar-refractivity contribution in [3.05, 3.63) is 11.1 Å². The molecule has 1 aromatic heterocycles. The Labute approximate surface area is 96.3 Å². The number of hydrogen-bond donors (Lipinski definition) is 1. The van der Waals surface area contributed by atoms with Gasteiger partial charge in [0.25, 0.3) is 0 Å². The van der Waals surface area contributed by atoms with Crippen LogP contribution in [0.5, 0.6) is 0 Å². The van der Waals surface area contributed by atoms with E-state index in [-0.39, 0.29) is 5.69 Å². The lowest BCUT2D eigenvalue weighted by Gasteiger charge is -2.32. The molecule has 0 radical (unpaired) electrons. The summed E-state index contributed by atoms with van der Waals surface area (Å²) in [6.07, 6.45) is 0. The first-order valence-electron chi connectivity index (χ1n) is 4.71. The van der Waals surface area contributed by atoms with E-state index >= 15 is 0 Å². The monoisotopic (exact) mass is 244 g/mol. The highest BCUT2D eigenvalue weighted by Gasteiger charge is 2.22. The smallest absolute Gasteiger partial charge is 0.355 e. The Morgan fingerprint density at radius 2 is 2.53 bits per heavy atom. The summed E-state index contributed by atoms with van der Waals surface area (Å²) >= 11 is 3.35. The number of carbonyl (C=O) groups is 1. The lowest BCUT2D eigenvalue weighted by atomic mass is 10.3. The normalized spacial score (nSPS) is 21.7. The summed E-state index contributed by atoms with van der Waals surface area (Å²) in [5.41, 5.74) is 0.153. The number of nitrogens with zero attached hydrogens (tertiary/aromatic N) is 2. The van der Waals surface area contributed by atoms with Crippen LogP contribution in [0.1, 0.15) is 17.4 Å². The fourth-order valence-electron chi connectivity index (χ4n) is 1.51. The molecule has 1 aliphatic rings. The highest BCUT2D eigenvalue weighted by atomic mass is 32.2. The Kier molecular flexibility index (Phi) is 3.16. The van der Waals surface area contributed by atoms with Gasteiger partial charge >= 0.3 is 5.97 Å². The lowest BCUT2D eigenvalue weighted by Crippen LogP contribution is -2.40. The Hall–Kier alpha value is -0.750. The zero-order valence-corrected chi connectivity index (χ0v) is 9.98. The number of carboxylic acid groups (broad SMARTS) is 1. The van der Waals surface area contributed by atoms with Crippen LogP contribution in [0, 0.1) is 0 Å². The van der Waals surface area contributed by atoms with Gasteiger partial charge < -0.3 is 10.0 Å². The maximum Gasteiger partial charge on any atom is 0.355 e. The van der Waals surface area contributed by atoms with Gasteiger partial charge in [-0.25, -0.2) is 9.78 Å². The maximum atomic E-state index is 10.7. The molecule has 1 fully saturated rings. The number of thiazole rings is 1. The molecular weight excluding hydrogens is 232 g/mol. The summed E-state index contributed by atoms with van der Waals surface area (Å²) in [5, 5.41) is 11.2. The van der Waals surface area contributed by atoms with Crippen molar-refractivity contribution in [1.29, 1.82) is 0 Å². The second-order valence-corrected chi connectivity index (χ2v) is 5.42. The first-order chi connectivity index (χ1) is 7.18. The zero-order valence-electron chi connectivity index (χ0n) is 8.34. The Morgan fingerprint density at radius 3 is 3.13 bits per heavy atom. The molecule has 0 saturated carbocycles. The molecule has 82 valence electrons. The van der Waals surface area contributed by atoms with Gasteiger partial charge in [0, 0.05) is 29.5 Å². The van der Waals surface area contributed by atoms with Crippen molar-refractivity contribution < 1.29 is 9.90 Å². The molecule has 1 saturated heterocycles. The largest absolute Gasteiger partial charge is 0.476 e. The van der Waals surface area contributed by atoms with E-state index < -0.39 is 5.97 Å². The molecule has 0 aromatic carbocycles. The summed E-state index contributed by atoms with van der Waals surface area (Å²) < 4.78 is 0. The van der Waals surface area contributed by atoms with Crippen molar-refractivity contribution in [1.82, 2.24) is 4.98 Å². The molecule has 1 aliphatic heterocycles. The molecule has 4 nitrogen and oxygen atoms in total. The second kappa shape index (κ2) is 4.40. The molecule has 1 N–H and O–H groups in total. The number of aromatic carboxylic acids is 1. The van der Waals surface area contributed by atoms with Gasteiger partial charge in [0.15, 0.2) is 10.8 Å². The van der Waals surface area contributed by atoms with Crippen LogP contribution in [-0.2, 0) is 0 Å². The Bertz CT molecular complexity index is 367. The third-order valence-corrected chi connectivity index (χ3v) is 4.39. The fraction of sp³-hybridized carbons (Fsp3) is 0.556. The quantitative estimate of drug-likeness (QED) is 0.859. The summed E-state index contributed by atoms with van der Waals surface area (Å²) in [7, 11) is 0. The molecule has 6 heteroatoms. The molecule has 0 bridgehead atoms. The second-order valence-electron chi connectivity index (χ2n) is 3.44. The van der Waals surface area contributed by atoms with Crippen LogP contribution in [-0.4, -0.2) is 40.2 Å². The molecule has 1 unspecified atom stereocenters. The van der Waals surface area contributed by atoms with Gasteiger partial charge in [0.2, 0.25) is 0 Å². The number of thioether (sulfide) groups is 1. The Balaban J connectivity index is 2.17. The first-order valence-corrected chi connectivity index (χ1v) is 6.75. The molecule has 1 atom stereocenters. The summed E-state index contributed by atoms with van der Waals surface area (Å²) in [5.74, 6) is 1.23. The van der Waals surface area contributed by atoms with E-state index in [9.17, 15) is 4.79 Å². The van der Waals surface area contributed by atoms with E-state index in [0.29, 0.717) is 6.04 Å². The first kappa shape index (κ1) is 10.8. The van der Waals surface area contributed by atoms with Crippen molar-refractivity contribution in [2.75, 3.05) is 23.0 Å². The number of hydrogen-bond acceptors (Lipinski definition) is 5. The zero-order chi connectivity index (χ0) is 10.8. The maximum absolute atomic E-state index is 10.7. The molecular formula is C9H12N2O2S2. The predicted molar refractivity (Wildman–Crippen MR) is 63.2 cm³/mol. The van der Waals surface area contributed by atoms with Crippen LogP contribution >= 0.6 is 23.1 Å². The van der Waals surface area contributed by atoms with Crippen molar-refractivity contribution in [2.24, 2.45) is 0 Å². The number of carboxylic acids is 1. The lowest BCUT2D eigenvalue weighted by molar-refractivity contribution is 0.0691. The summed E-state index contributed by atoms with van der Waals surface area (Å²) in [6, 6.07) is 0.441. The minimum absolute atomic E-state index is 0.153. The average molecular weight is 244 g/mol. The highest BCUT2D eigenvalue weighted by molar-refractivity contribution is 7.99. The van der Waals surface area contributed by atoms with Gasteiger partial charge in [0.1, 0.15) is 0 Å². The minimum Gasteiger partial charge on any atom is -0.476 e. The molecule has 2 rings (SSSR count). The van der Waals surface area contributed by atoms with E-state index in [0.717, 1.165) is 23.2 Å². The van der Waals surface area contributed by atoms with E-state index in [2.05, 4.69) is 16.8 Å². The highest BCUT2D eigenvalue weighted by Crippen LogP contribution is 2.26. The molecule has 0 spiro atoms. The number of aromatic nitrogens is 1. The van der Waals surface area contributed by atoms with Crippen molar-refractivity contribution in [2.45, 2.75) is 13.0 Å². The van der Waals surface area contributed by atoms with Crippen LogP contribution in [0.3, 0.4) is 0 Å². The number of anilines is 1. The van der Waals surface area contributed by atoms with Crippen molar-refractivity contribution >= 4 is 34.2 Å². The standard InChI is InChI=1S/C9H12N2O2S2/c1-6-4-14-3-2-11(6)9-10-7(5-15-9)8(12)13/h5-6H,2-4H2,1H3,(H,12,13). The van der Waals surface area contributed by atoms with Crippen LogP contribution in [0.4, 0.5) is 5.13 Å². The Morgan fingerprint density at radius 1 is 1.73 bits per heavy atom. The van der Waals surface area contributed by atoms with E-state index in [1.807, 2.05) is 11.8 Å². The molecule has 15 heavy (non-hydrogen) atoms. The van der Waals surface area contributed by atoms with Gasteiger partial charge in [-0.1, -0.05) is 0 Å². The average Bonchev–Trinajstić information content (AvgIpc) is 2.67. The molecule has 0 amide bonds. The predicted octanol–water partition coefficient (Wildman–Crippen LogP) is 1.78. The van der Waals surface area contributed by atoms with E-state index in [4.69, 9.17) is 5.11 Å². The van der Waals surface area contributed by atoms with Gasteiger partial charge in [-0.3, -0.25) is 0 Å². The SMILES string of the molecule is CC1CSCCN1c1nc(C(=O)O)cs1. The molecule has 2 heterocycles. The minimum atomic E-state index is -0.948. The van der Waals surface area contributed by atoms with Crippen LogP contribution in [0.2, 0.25) is 0 Å². The van der Waals surface area contributed by atoms with Gasteiger partial charge in [-0.2, -0.15) is 11.8 Å². The van der Waals surface area contributed by atoms with E-state index in [1.54, 1.807) is 5.38 Å². The van der Waals surface area contributed by atoms with Gasteiger partial charge in [-0.05, 0) is 6.92 Å². The van der Waals surface area contributed by atoms with Gasteiger partial charge in [0.05, 0.1) is 0 Å². The topological polar surface area (TPSA) is 53.4 Å². The van der Waals surface area contributed by atoms with Gasteiger partial charge in [-0.15, -0.1) is 11.3 Å². The van der Waals surface area contributed by atoms with Crippen molar-refractivity contribution in [3.63, 3.8) is 0 Å². The summed E-state index contributed by atoms with van der Waals surface area (Å²) in [6.45, 7) is 3.10. The van der Waals surface area contributed by atoms with Crippen LogP contribution < -0.4 is 4.90 Å². The van der Waals surface area contributed by atoms with Crippen molar-refractivity contribution in [3.8, 4) is 0 Å². The third-order valence-electron chi connectivity index (χ3n) is 2.32. The van der Waals surface area contributed by atoms with Crippen LogP contribution in [0.25, 0.3) is 0 Å². The third kappa shape index (κ3) is 2.26. The molecule has 0 aliphatic carbocycles. The molecule has 1 aromatic rings. The van der Waals surface area contributed by atoms with Crippen LogP contribution in [0.15, 0.2) is 5.38 Å².